The highest BCUT2D eigenvalue weighted by molar-refractivity contribution is 5.95. The molecule has 1 fully saturated rings. The van der Waals surface area contributed by atoms with Gasteiger partial charge in [0.25, 0.3) is 5.91 Å². The van der Waals surface area contributed by atoms with E-state index in [-0.39, 0.29) is 17.2 Å². The van der Waals surface area contributed by atoms with Crippen molar-refractivity contribution >= 4 is 5.91 Å². The van der Waals surface area contributed by atoms with Crippen LogP contribution in [0, 0.1) is 17.1 Å². The number of halogens is 1. The highest BCUT2D eigenvalue weighted by atomic mass is 19.1. The first-order valence-electron chi connectivity index (χ1n) is 5.71. The van der Waals surface area contributed by atoms with Gasteiger partial charge in [-0.1, -0.05) is 0 Å². The Morgan fingerprint density at radius 3 is 3.00 bits per heavy atom. The zero-order chi connectivity index (χ0) is 13.1. The van der Waals surface area contributed by atoms with Gasteiger partial charge in [0.2, 0.25) is 0 Å². The highest BCUT2D eigenvalue weighted by Gasteiger charge is 2.29. The van der Waals surface area contributed by atoms with Gasteiger partial charge in [0, 0.05) is 12.1 Å². The van der Waals surface area contributed by atoms with E-state index in [9.17, 15) is 9.18 Å². The average Bonchev–Trinajstić information content (AvgIpc) is 2.86. The van der Waals surface area contributed by atoms with Gasteiger partial charge < -0.3 is 9.64 Å². The van der Waals surface area contributed by atoms with Crippen LogP contribution in [-0.2, 0) is 0 Å². The molecule has 1 atom stereocenters. The summed E-state index contributed by atoms with van der Waals surface area (Å²) in [4.78, 5) is 13.6. The fourth-order valence-corrected chi connectivity index (χ4v) is 2.11. The zero-order valence-electron chi connectivity index (χ0n) is 10.0. The molecule has 0 radical (unpaired) electrons. The van der Waals surface area contributed by atoms with Crippen molar-refractivity contribution in [3.05, 3.63) is 29.6 Å². The average molecular weight is 248 g/mol. The van der Waals surface area contributed by atoms with Gasteiger partial charge in [-0.05, 0) is 31.0 Å². The second-order valence-corrected chi connectivity index (χ2v) is 4.13. The summed E-state index contributed by atoms with van der Waals surface area (Å²) in [7, 11) is 1.37. The van der Waals surface area contributed by atoms with Crippen molar-refractivity contribution in [2.45, 2.75) is 18.9 Å². The number of methoxy groups -OCH3 is 1. The topological polar surface area (TPSA) is 53.3 Å². The Morgan fingerprint density at radius 1 is 1.61 bits per heavy atom. The van der Waals surface area contributed by atoms with E-state index in [4.69, 9.17) is 10.00 Å². The van der Waals surface area contributed by atoms with Gasteiger partial charge in [-0.3, -0.25) is 4.79 Å². The Kier molecular flexibility index (Phi) is 3.47. The molecule has 0 aliphatic carbocycles. The smallest absolute Gasteiger partial charge is 0.255 e. The molecule has 94 valence electrons. The van der Waals surface area contributed by atoms with E-state index in [2.05, 4.69) is 6.07 Å². The van der Waals surface area contributed by atoms with E-state index in [1.165, 1.54) is 24.1 Å². The van der Waals surface area contributed by atoms with Gasteiger partial charge in [-0.2, -0.15) is 5.26 Å². The van der Waals surface area contributed by atoms with E-state index in [0.717, 1.165) is 12.5 Å². The predicted octanol–water partition coefficient (Wildman–Crippen LogP) is 1.96. The van der Waals surface area contributed by atoms with Crippen molar-refractivity contribution in [1.82, 2.24) is 4.90 Å². The zero-order valence-corrected chi connectivity index (χ0v) is 10.0. The first kappa shape index (κ1) is 12.4. The molecule has 1 aromatic carbocycles. The van der Waals surface area contributed by atoms with Crippen LogP contribution in [0.3, 0.4) is 0 Å². The SMILES string of the molecule is COc1ccc(C(=O)N2CCCC2C#N)cc1F. The third-order valence-electron chi connectivity index (χ3n) is 3.06. The van der Waals surface area contributed by atoms with Crippen molar-refractivity contribution in [3.63, 3.8) is 0 Å². The van der Waals surface area contributed by atoms with Gasteiger partial charge in [0.15, 0.2) is 11.6 Å². The molecular formula is C13H13FN2O2. The van der Waals surface area contributed by atoms with Gasteiger partial charge in [-0.15, -0.1) is 0 Å². The lowest BCUT2D eigenvalue weighted by molar-refractivity contribution is 0.0764. The van der Waals surface area contributed by atoms with Crippen LogP contribution in [0.2, 0.25) is 0 Å². The number of amides is 1. The van der Waals surface area contributed by atoms with Gasteiger partial charge in [-0.25, -0.2) is 4.39 Å². The molecule has 1 saturated heterocycles. The number of ether oxygens (including phenoxy) is 1. The fraction of sp³-hybridized carbons (Fsp3) is 0.385. The summed E-state index contributed by atoms with van der Waals surface area (Å²) < 4.78 is 18.3. The Labute approximate surface area is 105 Å². The number of nitrogens with zero attached hydrogens (tertiary/aromatic N) is 2. The minimum Gasteiger partial charge on any atom is -0.494 e. The van der Waals surface area contributed by atoms with Gasteiger partial charge >= 0.3 is 0 Å². The molecule has 1 aliphatic rings. The number of benzene rings is 1. The number of hydrogen-bond donors (Lipinski definition) is 0. The molecule has 0 N–H and O–H groups in total. The van der Waals surface area contributed by atoms with E-state index in [1.807, 2.05) is 0 Å². The maximum Gasteiger partial charge on any atom is 0.255 e. The van der Waals surface area contributed by atoms with Gasteiger partial charge in [0.05, 0.1) is 13.2 Å². The maximum atomic E-state index is 13.5. The molecule has 0 bridgehead atoms. The third kappa shape index (κ3) is 2.14. The molecule has 0 spiro atoms. The largest absolute Gasteiger partial charge is 0.494 e. The molecule has 18 heavy (non-hydrogen) atoms. The second kappa shape index (κ2) is 5.05. The van der Waals surface area contributed by atoms with E-state index in [1.54, 1.807) is 0 Å². The summed E-state index contributed by atoms with van der Waals surface area (Å²) in [5.41, 5.74) is 0.246. The van der Waals surface area contributed by atoms with Crippen molar-refractivity contribution in [2.75, 3.05) is 13.7 Å². The monoisotopic (exact) mass is 248 g/mol. The van der Waals surface area contributed by atoms with E-state index >= 15 is 0 Å². The first-order chi connectivity index (χ1) is 8.67. The molecule has 2 rings (SSSR count). The molecule has 1 aliphatic heterocycles. The van der Waals surface area contributed by atoms with E-state index < -0.39 is 11.9 Å². The van der Waals surface area contributed by atoms with Crippen LogP contribution in [0.5, 0.6) is 5.75 Å². The molecule has 4 nitrogen and oxygen atoms in total. The Bertz CT molecular complexity index is 510. The number of rotatable bonds is 2. The summed E-state index contributed by atoms with van der Waals surface area (Å²) in [6.45, 7) is 0.546. The molecule has 1 amide bonds. The summed E-state index contributed by atoms with van der Waals surface area (Å²) in [6.07, 6.45) is 1.49. The van der Waals surface area contributed by atoms with Crippen LogP contribution in [-0.4, -0.2) is 30.5 Å². The summed E-state index contributed by atoms with van der Waals surface area (Å²) in [6, 6.07) is 5.76. The van der Waals surface area contributed by atoms with Crippen molar-refractivity contribution in [1.29, 1.82) is 5.26 Å². The molecular weight excluding hydrogens is 235 g/mol. The normalized spacial score (nSPS) is 18.5. The minimum absolute atomic E-state index is 0.102. The number of nitriles is 1. The Balaban J connectivity index is 2.24. The van der Waals surface area contributed by atoms with E-state index in [0.29, 0.717) is 13.0 Å². The second-order valence-electron chi connectivity index (χ2n) is 4.13. The van der Waals surface area contributed by atoms with Crippen molar-refractivity contribution in [2.24, 2.45) is 0 Å². The molecule has 1 heterocycles. The summed E-state index contributed by atoms with van der Waals surface area (Å²) in [5, 5.41) is 8.93. The van der Waals surface area contributed by atoms with Gasteiger partial charge in [0.1, 0.15) is 6.04 Å². The quantitative estimate of drug-likeness (QED) is 0.804. The molecule has 0 saturated carbocycles. The molecule has 1 aromatic rings. The first-order valence-corrected chi connectivity index (χ1v) is 5.71. The number of hydrogen-bond acceptors (Lipinski definition) is 3. The van der Waals surface area contributed by atoms with Crippen molar-refractivity contribution < 1.29 is 13.9 Å². The summed E-state index contributed by atoms with van der Waals surface area (Å²) >= 11 is 0. The number of carbonyl (C=O) groups is 1. The van der Waals surface area contributed by atoms with Crippen LogP contribution >= 0.6 is 0 Å². The maximum absolute atomic E-state index is 13.5. The summed E-state index contributed by atoms with van der Waals surface area (Å²) in [5.74, 6) is -0.776. The Hall–Kier alpha value is -2.09. The van der Waals surface area contributed by atoms with Crippen LogP contribution in [0.1, 0.15) is 23.2 Å². The third-order valence-corrected chi connectivity index (χ3v) is 3.06. The minimum atomic E-state index is -0.573. The fourth-order valence-electron chi connectivity index (χ4n) is 2.11. The molecule has 5 heteroatoms. The molecule has 1 unspecified atom stereocenters. The van der Waals surface area contributed by atoms with Crippen molar-refractivity contribution in [3.8, 4) is 11.8 Å². The van der Waals surface area contributed by atoms with Crippen LogP contribution < -0.4 is 4.74 Å². The molecule has 0 aromatic heterocycles. The highest BCUT2D eigenvalue weighted by Crippen LogP contribution is 2.22. The number of carbonyl (C=O) groups excluding carboxylic acids is 1. The lowest BCUT2D eigenvalue weighted by atomic mass is 10.1. The Morgan fingerprint density at radius 2 is 2.39 bits per heavy atom. The predicted molar refractivity (Wildman–Crippen MR) is 62.6 cm³/mol. The van der Waals surface area contributed by atoms with Crippen LogP contribution in [0.4, 0.5) is 4.39 Å². The number of likely N-dealkylation sites (tertiary alicyclic amines) is 1. The standard InChI is InChI=1S/C13H13FN2O2/c1-18-12-5-4-9(7-11(12)14)13(17)16-6-2-3-10(16)8-15/h4-5,7,10H,2-3,6H2,1H3. The lowest BCUT2D eigenvalue weighted by Crippen LogP contribution is -2.34. The lowest BCUT2D eigenvalue weighted by Gasteiger charge is -2.19. The van der Waals surface area contributed by atoms with Crippen LogP contribution in [0.15, 0.2) is 18.2 Å². The van der Waals surface area contributed by atoms with Crippen LogP contribution in [0.25, 0.3) is 0 Å².